The van der Waals surface area contributed by atoms with E-state index in [1.54, 1.807) is 0 Å². The molecule has 1 unspecified atom stereocenters. The van der Waals surface area contributed by atoms with Crippen LogP contribution in [0.5, 0.6) is 11.5 Å². The second kappa shape index (κ2) is 17.9. The van der Waals surface area contributed by atoms with E-state index in [-0.39, 0.29) is 18.9 Å². The number of carboxylic acid groups (broad SMARTS) is 1. The van der Waals surface area contributed by atoms with Crippen LogP contribution in [0, 0.1) is 26.7 Å². The normalized spacial score (nSPS) is 15.1. The second-order valence-electron chi connectivity index (χ2n) is 13.7. The van der Waals surface area contributed by atoms with E-state index in [2.05, 4.69) is 80.7 Å². The summed E-state index contributed by atoms with van der Waals surface area (Å²) in [7, 11) is 0. The molecule has 0 amide bonds. The minimum atomic E-state index is -1.40. The largest absolute Gasteiger partial charge is 0.489 e. The first kappa shape index (κ1) is 39.0. The van der Waals surface area contributed by atoms with Gasteiger partial charge in [0.1, 0.15) is 29.7 Å². The van der Waals surface area contributed by atoms with Gasteiger partial charge in [0.25, 0.3) is 0 Å². The number of ether oxygens (including phenoxy) is 2. The van der Waals surface area contributed by atoms with E-state index in [1.807, 2.05) is 25.1 Å². The van der Waals surface area contributed by atoms with Crippen molar-refractivity contribution in [3.8, 4) is 22.6 Å². The Morgan fingerprint density at radius 1 is 0.941 bits per heavy atom. The number of aliphatic hydroxyl groups excluding tert-OH is 2. The molecule has 0 saturated carbocycles. The van der Waals surface area contributed by atoms with Crippen LogP contribution in [-0.2, 0) is 40.4 Å². The van der Waals surface area contributed by atoms with E-state index in [1.165, 1.54) is 40.3 Å². The molecule has 270 valence electrons. The highest BCUT2D eigenvalue weighted by Gasteiger charge is 2.32. The van der Waals surface area contributed by atoms with E-state index in [9.17, 15) is 20.1 Å². The average Bonchev–Trinajstić information content (AvgIpc) is 3.53. The number of benzene rings is 4. The number of carboxylic acids is 1. The highest BCUT2D eigenvalue weighted by atomic mass is 16.5. The quantitative estimate of drug-likeness (QED) is 0.105. The summed E-state index contributed by atoms with van der Waals surface area (Å²) >= 11 is 0. The first-order valence-corrected chi connectivity index (χ1v) is 17.3. The third-order valence-electron chi connectivity index (χ3n) is 9.79. The van der Waals surface area contributed by atoms with Gasteiger partial charge in [-0.25, -0.2) is 0 Å². The molecule has 51 heavy (non-hydrogen) atoms. The van der Waals surface area contributed by atoms with E-state index < -0.39 is 18.1 Å². The molecule has 0 aromatic heterocycles. The molecule has 4 aromatic carbocycles. The number of hydrogen-bond donors (Lipinski definition) is 4. The van der Waals surface area contributed by atoms with Gasteiger partial charge in [0.15, 0.2) is 0 Å². The van der Waals surface area contributed by atoms with Crippen LogP contribution in [0.25, 0.3) is 11.1 Å². The fraction of sp³-hybridized carbons (Fsp3) is 0.381. The number of hydrogen-bond acceptors (Lipinski definition) is 8. The lowest BCUT2D eigenvalue weighted by Crippen LogP contribution is -2.52. The fourth-order valence-corrected chi connectivity index (χ4v) is 6.41. The van der Waals surface area contributed by atoms with E-state index >= 15 is 0 Å². The van der Waals surface area contributed by atoms with Gasteiger partial charge >= 0.3 is 12.1 Å². The van der Waals surface area contributed by atoms with Crippen molar-refractivity contribution in [2.24, 2.45) is 5.92 Å². The van der Waals surface area contributed by atoms with Crippen LogP contribution in [0.4, 0.5) is 0 Å². The van der Waals surface area contributed by atoms with Crippen LogP contribution in [0.3, 0.4) is 0 Å². The number of aliphatic hydroxyl groups is 2. The highest BCUT2D eigenvalue weighted by Crippen LogP contribution is 2.42. The molecule has 0 fully saturated rings. The van der Waals surface area contributed by atoms with Crippen molar-refractivity contribution in [1.82, 2.24) is 5.32 Å². The lowest BCUT2D eigenvalue weighted by atomic mass is 9.91. The smallest absolute Gasteiger partial charge is 0.373 e. The van der Waals surface area contributed by atoms with Crippen molar-refractivity contribution < 1.29 is 39.2 Å². The zero-order valence-corrected chi connectivity index (χ0v) is 30.1. The third kappa shape index (κ3) is 9.72. The maximum Gasteiger partial charge on any atom is 0.373 e. The molecule has 1 aliphatic rings. The van der Waals surface area contributed by atoms with Gasteiger partial charge in [-0.2, -0.15) is 9.59 Å². The molecule has 1 aliphatic carbocycles. The van der Waals surface area contributed by atoms with Crippen LogP contribution in [0.2, 0.25) is 0 Å². The summed E-state index contributed by atoms with van der Waals surface area (Å²) < 4.78 is 12.9. The molecule has 0 saturated heterocycles. The summed E-state index contributed by atoms with van der Waals surface area (Å²) in [5, 5.41) is 31.3. The Hall–Kier alpha value is -4.79. The second-order valence-corrected chi connectivity index (χ2v) is 13.7. The van der Waals surface area contributed by atoms with Crippen LogP contribution >= 0.6 is 0 Å². The molecule has 0 spiro atoms. The molecule has 0 radical (unpaired) electrons. The van der Waals surface area contributed by atoms with Crippen molar-refractivity contribution in [3.05, 3.63) is 117 Å². The van der Waals surface area contributed by atoms with E-state index in [0.29, 0.717) is 19.1 Å². The number of rotatable bonds is 15. The molecule has 9 heteroatoms. The summed E-state index contributed by atoms with van der Waals surface area (Å²) in [6.45, 7) is 10.3. The van der Waals surface area contributed by atoms with Gasteiger partial charge < -0.3 is 24.8 Å². The first-order chi connectivity index (χ1) is 24.4. The van der Waals surface area contributed by atoms with E-state index in [4.69, 9.17) is 19.1 Å². The summed E-state index contributed by atoms with van der Waals surface area (Å²) in [5.74, 6) is 0.913. The van der Waals surface area contributed by atoms with Crippen molar-refractivity contribution in [2.45, 2.75) is 85.1 Å². The number of carbonyl (C=O) groups excluding carboxylic acids is 2. The molecule has 5 rings (SSSR count). The monoisotopic (exact) mass is 695 g/mol. The maximum atomic E-state index is 11.5. The Morgan fingerprint density at radius 2 is 1.59 bits per heavy atom. The Labute approximate surface area is 300 Å². The zero-order chi connectivity index (χ0) is 37.1. The van der Waals surface area contributed by atoms with Gasteiger partial charge in [-0.15, -0.1) is 0 Å². The standard InChI is InChI=1S/C41H49NO6.CO2/c1-26(23-43)12-13-30-14-17-37(27(2)20-30)47-24-32-8-6-9-33(29(32)4)34-10-7-11-36-35(34)16-19-39(36)48-38-18-15-31(21-28(38)3)22-42-41(5,25-44)40(45)46;2-1-3/h6-11,14-15,17-18,20-21,26,39,42-44H,12-13,16,19,22-25H2,1-5H3,(H,45,46);/t26-,39?,41+;/m1./s1. The Bertz CT molecular complexity index is 1850. The van der Waals surface area contributed by atoms with Crippen LogP contribution in [0.1, 0.15) is 77.3 Å². The molecule has 0 heterocycles. The number of aliphatic carboxylic acids is 1. The molecule has 4 N–H and O–H groups in total. The Balaban J connectivity index is 0.00000188. The van der Waals surface area contributed by atoms with E-state index in [0.717, 1.165) is 59.4 Å². The summed E-state index contributed by atoms with van der Waals surface area (Å²) in [5.41, 5.74) is 10.2. The Kier molecular flexibility index (Phi) is 13.7. The van der Waals surface area contributed by atoms with Gasteiger partial charge in [0.2, 0.25) is 0 Å². The topological polar surface area (TPSA) is 142 Å². The molecule has 0 bridgehead atoms. The minimum absolute atomic E-state index is 0.0584. The van der Waals surface area contributed by atoms with Gasteiger partial charge in [-0.3, -0.25) is 10.1 Å². The van der Waals surface area contributed by atoms with Crippen molar-refractivity contribution in [1.29, 1.82) is 0 Å². The number of carbonyl (C=O) groups is 1. The van der Waals surface area contributed by atoms with Crippen LogP contribution in [0.15, 0.2) is 72.8 Å². The van der Waals surface area contributed by atoms with Crippen LogP contribution < -0.4 is 14.8 Å². The number of nitrogens with one attached hydrogen (secondary N) is 1. The lowest BCUT2D eigenvalue weighted by Gasteiger charge is -2.24. The van der Waals surface area contributed by atoms with Crippen molar-refractivity contribution >= 4 is 12.1 Å². The SMILES string of the molecule is Cc1cc(CC[C@@H](C)CO)ccc1OCc1cccc(-c2cccc3c2CCC3Oc2ccc(CN[C@@](C)(CO)C(=O)O)cc2C)c1C.O=C=O. The molecule has 9 nitrogen and oxygen atoms in total. The first-order valence-electron chi connectivity index (χ1n) is 17.3. The molecular weight excluding hydrogens is 646 g/mol. The zero-order valence-electron chi connectivity index (χ0n) is 30.1. The average molecular weight is 696 g/mol. The molecular formula is C42H49NO8. The summed E-state index contributed by atoms with van der Waals surface area (Å²) in [4.78, 5) is 27.8. The maximum absolute atomic E-state index is 11.5. The summed E-state index contributed by atoms with van der Waals surface area (Å²) in [6, 6.07) is 25.2. The third-order valence-corrected chi connectivity index (χ3v) is 9.79. The lowest BCUT2D eigenvalue weighted by molar-refractivity contribution is -0.191. The van der Waals surface area contributed by atoms with Gasteiger partial charge in [-0.1, -0.05) is 67.6 Å². The summed E-state index contributed by atoms with van der Waals surface area (Å²) in [6.07, 6.45) is 3.92. The fourth-order valence-electron chi connectivity index (χ4n) is 6.41. The number of aryl methyl sites for hydroxylation is 3. The van der Waals surface area contributed by atoms with Crippen LogP contribution in [-0.4, -0.2) is 46.2 Å². The van der Waals surface area contributed by atoms with Gasteiger partial charge in [0, 0.05) is 13.2 Å². The highest BCUT2D eigenvalue weighted by molar-refractivity contribution is 5.78. The Morgan fingerprint density at radius 3 is 2.25 bits per heavy atom. The molecule has 0 aliphatic heterocycles. The predicted octanol–water partition coefficient (Wildman–Crippen LogP) is 6.83. The van der Waals surface area contributed by atoms with Gasteiger partial charge in [-0.05, 0) is 127 Å². The van der Waals surface area contributed by atoms with Crippen molar-refractivity contribution in [3.63, 3.8) is 0 Å². The molecule has 3 atom stereocenters. The predicted molar refractivity (Wildman–Crippen MR) is 195 cm³/mol. The molecule has 4 aromatic rings. The van der Waals surface area contributed by atoms with Crippen molar-refractivity contribution in [2.75, 3.05) is 13.2 Å². The number of fused-ring (bicyclic) bond motifs is 1. The van der Waals surface area contributed by atoms with Gasteiger partial charge in [0.05, 0.1) is 6.61 Å². The minimum Gasteiger partial charge on any atom is -0.489 e.